The van der Waals surface area contributed by atoms with Gasteiger partial charge in [0.05, 0.1) is 35.0 Å². The van der Waals surface area contributed by atoms with Crippen LogP contribution in [0.2, 0.25) is 0 Å². The molecule has 0 aliphatic heterocycles. The molecule has 0 saturated carbocycles. The second kappa shape index (κ2) is 8.79. The molecule has 0 spiro atoms. The van der Waals surface area contributed by atoms with Crippen LogP contribution in [-0.2, 0) is 11.3 Å². The van der Waals surface area contributed by atoms with Gasteiger partial charge in [0.1, 0.15) is 16.8 Å². The Hall–Kier alpha value is -3.35. The first-order valence-corrected chi connectivity index (χ1v) is 11.2. The molecule has 1 amide bonds. The summed E-state index contributed by atoms with van der Waals surface area (Å²) in [5, 5.41) is 13.7. The molecule has 0 atom stereocenters. The molecule has 4 aromatic rings. The molecule has 156 valence electrons. The minimum atomic E-state index is -0.269. The molecule has 0 unspecified atom stereocenters. The third-order valence-electron chi connectivity index (χ3n) is 4.80. The number of hydrogen-bond acceptors (Lipinski definition) is 7. The van der Waals surface area contributed by atoms with E-state index in [1.165, 1.54) is 27.7 Å². The van der Waals surface area contributed by atoms with Crippen molar-refractivity contribution in [3.63, 3.8) is 0 Å². The van der Waals surface area contributed by atoms with Crippen LogP contribution in [0.5, 0.6) is 0 Å². The topological polar surface area (TPSA) is 101 Å². The maximum atomic E-state index is 13.1. The lowest BCUT2D eigenvalue weighted by atomic mass is 10.2. The number of para-hydroxylation sites is 1. The number of nitrogens with one attached hydrogen (secondary N) is 1. The Morgan fingerprint density at radius 2 is 2.10 bits per heavy atom. The Morgan fingerprint density at radius 3 is 2.84 bits per heavy atom. The summed E-state index contributed by atoms with van der Waals surface area (Å²) in [6.07, 6.45) is 1.55. The number of thioether (sulfide) groups is 1. The number of fused-ring (bicyclic) bond motifs is 1. The molecule has 0 aliphatic rings. The van der Waals surface area contributed by atoms with Crippen molar-refractivity contribution >= 4 is 44.9 Å². The highest BCUT2D eigenvalue weighted by atomic mass is 32.2. The first-order chi connectivity index (χ1) is 15.0. The summed E-state index contributed by atoms with van der Waals surface area (Å²) < 4.78 is 6.91. The molecule has 3 aromatic heterocycles. The molecule has 0 saturated heterocycles. The second-order valence-corrected chi connectivity index (χ2v) is 8.99. The molecule has 9 heteroatoms. The highest BCUT2D eigenvalue weighted by molar-refractivity contribution is 7.99. The van der Waals surface area contributed by atoms with Crippen LogP contribution in [0.1, 0.15) is 21.8 Å². The van der Waals surface area contributed by atoms with Crippen LogP contribution in [0.3, 0.4) is 0 Å². The van der Waals surface area contributed by atoms with Crippen molar-refractivity contribution in [1.29, 1.82) is 5.26 Å². The van der Waals surface area contributed by atoms with E-state index in [0.29, 0.717) is 32.4 Å². The molecule has 31 heavy (non-hydrogen) atoms. The molecular formula is C22H18N4O3S2. The van der Waals surface area contributed by atoms with Gasteiger partial charge < -0.3 is 9.73 Å². The molecule has 4 rings (SSSR count). The summed E-state index contributed by atoms with van der Waals surface area (Å²) in [5.41, 5.74) is 1.74. The Labute approximate surface area is 186 Å². The van der Waals surface area contributed by atoms with Crippen LogP contribution in [0.4, 0.5) is 5.00 Å². The van der Waals surface area contributed by atoms with E-state index in [4.69, 9.17) is 4.42 Å². The van der Waals surface area contributed by atoms with E-state index >= 15 is 0 Å². The van der Waals surface area contributed by atoms with Gasteiger partial charge in [0.2, 0.25) is 5.91 Å². The normalized spacial score (nSPS) is 10.9. The van der Waals surface area contributed by atoms with Crippen molar-refractivity contribution in [2.75, 3.05) is 11.1 Å². The molecule has 0 fully saturated rings. The summed E-state index contributed by atoms with van der Waals surface area (Å²) in [5.74, 6) is 0.396. The first kappa shape index (κ1) is 20.9. The number of nitrogens with zero attached hydrogens (tertiary/aromatic N) is 3. The number of aryl methyl sites for hydroxylation is 1. The molecule has 1 N–H and O–H groups in total. The molecule has 0 radical (unpaired) electrons. The Kier molecular flexibility index (Phi) is 5.93. The lowest BCUT2D eigenvalue weighted by Crippen LogP contribution is -2.24. The number of benzene rings is 1. The molecule has 7 nitrogen and oxygen atoms in total. The molecular weight excluding hydrogens is 432 g/mol. The summed E-state index contributed by atoms with van der Waals surface area (Å²) in [4.78, 5) is 31.2. The van der Waals surface area contributed by atoms with Crippen LogP contribution >= 0.6 is 23.1 Å². The van der Waals surface area contributed by atoms with E-state index in [1.807, 2.05) is 19.9 Å². The number of thiophene rings is 1. The zero-order chi connectivity index (χ0) is 22.0. The fourth-order valence-corrected chi connectivity index (χ4v) is 4.92. The number of carbonyl (C=O) groups excluding carboxylic acids is 1. The minimum Gasteiger partial charge on any atom is -0.467 e. The van der Waals surface area contributed by atoms with Crippen LogP contribution in [0.25, 0.3) is 10.9 Å². The monoisotopic (exact) mass is 450 g/mol. The average Bonchev–Trinajstić information content (AvgIpc) is 3.36. The number of furan rings is 1. The number of nitriles is 1. The number of carbonyl (C=O) groups is 1. The smallest absolute Gasteiger partial charge is 0.262 e. The van der Waals surface area contributed by atoms with Crippen molar-refractivity contribution in [1.82, 2.24) is 9.55 Å². The van der Waals surface area contributed by atoms with Crippen molar-refractivity contribution in [3.05, 3.63) is 74.8 Å². The summed E-state index contributed by atoms with van der Waals surface area (Å²) in [7, 11) is 0. The molecule has 0 aliphatic carbocycles. The number of anilines is 1. The Bertz CT molecular complexity index is 1360. The quantitative estimate of drug-likeness (QED) is 0.347. The largest absolute Gasteiger partial charge is 0.467 e. The van der Waals surface area contributed by atoms with E-state index in [2.05, 4.69) is 16.4 Å². The summed E-state index contributed by atoms with van der Waals surface area (Å²) in [6, 6.07) is 12.8. The summed E-state index contributed by atoms with van der Waals surface area (Å²) >= 11 is 2.55. The van der Waals surface area contributed by atoms with Crippen LogP contribution in [0, 0.1) is 25.2 Å². The highest BCUT2D eigenvalue weighted by Crippen LogP contribution is 2.32. The molecule has 3 heterocycles. The lowest BCUT2D eigenvalue weighted by Gasteiger charge is -2.12. The van der Waals surface area contributed by atoms with Gasteiger partial charge in [-0.25, -0.2) is 4.98 Å². The van der Waals surface area contributed by atoms with Crippen LogP contribution in [-0.4, -0.2) is 21.2 Å². The maximum absolute atomic E-state index is 13.1. The van der Waals surface area contributed by atoms with Gasteiger partial charge in [-0.2, -0.15) is 5.26 Å². The van der Waals surface area contributed by atoms with Crippen molar-refractivity contribution < 1.29 is 9.21 Å². The fourth-order valence-electron chi connectivity index (χ4n) is 3.10. The summed E-state index contributed by atoms with van der Waals surface area (Å²) in [6.45, 7) is 3.99. The number of hydrogen-bond donors (Lipinski definition) is 1. The van der Waals surface area contributed by atoms with Gasteiger partial charge >= 0.3 is 0 Å². The van der Waals surface area contributed by atoms with Crippen molar-refractivity contribution in [2.24, 2.45) is 0 Å². The molecule has 0 bridgehead atoms. The zero-order valence-corrected chi connectivity index (χ0v) is 18.5. The Balaban J connectivity index is 1.60. The van der Waals surface area contributed by atoms with Gasteiger partial charge in [-0.05, 0) is 43.7 Å². The standard InChI is InChI=1S/C22H18N4O3S2/c1-13-14(2)31-20(17(13)10-23)25-19(27)12-30-22-24-18-8-4-3-7-16(18)21(28)26(22)11-15-6-5-9-29-15/h3-9H,11-12H2,1-2H3,(H,25,27). The number of rotatable bonds is 6. The van der Waals surface area contributed by atoms with E-state index in [0.717, 1.165) is 10.4 Å². The predicted molar refractivity (Wildman–Crippen MR) is 122 cm³/mol. The van der Waals surface area contributed by atoms with Gasteiger partial charge in [0.25, 0.3) is 5.56 Å². The van der Waals surface area contributed by atoms with Crippen molar-refractivity contribution in [2.45, 2.75) is 25.5 Å². The van der Waals surface area contributed by atoms with Gasteiger partial charge in [0, 0.05) is 4.88 Å². The Morgan fingerprint density at radius 1 is 1.29 bits per heavy atom. The lowest BCUT2D eigenvalue weighted by molar-refractivity contribution is -0.113. The van der Waals surface area contributed by atoms with E-state index < -0.39 is 0 Å². The van der Waals surface area contributed by atoms with Crippen LogP contribution < -0.4 is 10.9 Å². The zero-order valence-electron chi connectivity index (χ0n) is 16.8. The van der Waals surface area contributed by atoms with Gasteiger partial charge in [-0.15, -0.1) is 11.3 Å². The number of amides is 1. The fraction of sp³-hybridized carbons (Fsp3) is 0.182. The van der Waals surface area contributed by atoms with E-state index in [1.54, 1.807) is 36.6 Å². The van der Waals surface area contributed by atoms with Gasteiger partial charge in [-0.3, -0.25) is 14.2 Å². The van der Waals surface area contributed by atoms with Gasteiger partial charge in [0.15, 0.2) is 5.16 Å². The third kappa shape index (κ3) is 4.26. The maximum Gasteiger partial charge on any atom is 0.262 e. The van der Waals surface area contributed by atoms with Crippen LogP contribution in [0.15, 0.2) is 57.0 Å². The average molecular weight is 451 g/mol. The minimum absolute atomic E-state index is 0.0454. The highest BCUT2D eigenvalue weighted by Gasteiger charge is 2.17. The predicted octanol–water partition coefficient (Wildman–Crippen LogP) is 4.32. The van der Waals surface area contributed by atoms with E-state index in [9.17, 15) is 14.9 Å². The van der Waals surface area contributed by atoms with Crippen molar-refractivity contribution in [3.8, 4) is 6.07 Å². The second-order valence-electron chi connectivity index (χ2n) is 6.82. The number of aromatic nitrogens is 2. The molecule has 1 aromatic carbocycles. The van der Waals surface area contributed by atoms with E-state index in [-0.39, 0.29) is 23.8 Å². The first-order valence-electron chi connectivity index (χ1n) is 9.42. The SMILES string of the molecule is Cc1sc(NC(=O)CSc2nc3ccccc3c(=O)n2Cc2ccco2)c(C#N)c1C. The van der Waals surface area contributed by atoms with Gasteiger partial charge in [-0.1, -0.05) is 23.9 Å². The third-order valence-corrected chi connectivity index (χ3v) is 6.90.